The van der Waals surface area contributed by atoms with Gasteiger partial charge in [-0.05, 0) is 5.41 Å². The molecule has 0 aromatic rings. The van der Waals surface area contributed by atoms with Gasteiger partial charge in [0.25, 0.3) is 0 Å². The van der Waals surface area contributed by atoms with Crippen molar-refractivity contribution in [2.75, 3.05) is 5.75 Å². The van der Waals surface area contributed by atoms with Gasteiger partial charge in [-0.2, -0.15) is 0 Å². The molecule has 2 heteroatoms. The van der Waals surface area contributed by atoms with Crippen molar-refractivity contribution in [3.63, 3.8) is 0 Å². The van der Waals surface area contributed by atoms with Gasteiger partial charge in [0.15, 0.2) is 0 Å². The normalized spacial score (nSPS) is 18.7. The molecular weight excluding hydrogens is 94.1 g/mol. The summed E-state index contributed by atoms with van der Waals surface area (Å²) in [6.45, 7) is 0. The molecule has 1 aliphatic rings. The average Bonchev–Trinajstić information content (AvgIpc) is 1.72. The second kappa shape index (κ2) is 2.03. The van der Waals surface area contributed by atoms with Crippen LogP contribution in [0.15, 0.2) is 10.4 Å². The van der Waals surface area contributed by atoms with Gasteiger partial charge in [0.05, 0.1) is 6.20 Å². The number of rotatable bonds is 0. The Kier molecular flexibility index (Phi) is 1.33. The average molecular weight is 98.1 g/mol. The highest BCUT2D eigenvalue weighted by atomic mass is 32.2. The molecule has 0 amide bonds. The van der Waals surface area contributed by atoms with Gasteiger partial charge in [-0.25, -0.2) is 0 Å². The van der Waals surface area contributed by atoms with Gasteiger partial charge in [0, 0.05) is 12.0 Å². The van der Waals surface area contributed by atoms with Crippen molar-refractivity contribution in [3.05, 3.63) is 11.6 Å². The molecule has 0 saturated carbocycles. The second-order valence-corrected chi connectivity index (χ2v) is 1.79. The van der Waals surface area contributed by atoms with Crippen LogP contribution in [-0.2, 0) is 0 Å². The fourth-order valence-corrected chi connectivity index (χ4v) is 0.641. The molecule has 0 aliphatic carbocycles. The maximum Gasteiger partial charge on any atom is 0.0950 e. The van der Waals surface area contributed by atoms with Crippen LogP contribution in [0.2, 0.25) is 0 Å². The number of nitrogens with zero attached hydrogens (tertiary/aromatic N) is 1. The Hall–Kier alpha value is -0.240. The Balaban J connectivity index is 2.46. The lowest BCUT2D eigenvalue weighted by atomic mass is 10.8. The van der Waals surface area contributed by atoms with E-state index in [1.807, 2.05) is 11.6 Å². The van der Waals surface area contributed by atoms with Crippen molar-refractivity contribution in [3.8, 4) is 0 Å². The predicted octanol–water partition coefficient (Wildman–Crippen LogP) is 1.08. The van der Waals surface area contributed by atoms with Crippen LogP contribution in [0.5, 0.6) is 0 Å². The summed E-state index contributed by atoms with van der Waals surface area (Å²) < 4.78 is 0. The third kappa shape index (κ3) is 0.863. The maximum absolute atomic E-state index is 3.73. The predicted molar refractivity (Wildman–Crippen MR) is 28.8 cm³/mol. The van der Waals surface area contributed by atoms with Gasteiger partial charge in [-0.1, -0.05) is 0 Å². The van der Waals surface area contributed by atoms with Gasteiger partial charge in [0.2, 0.25) is 0 Å². The molecule has 0 aromatic heterocycles. The van der Waals surface area contributed by atoms with E-state index in [-0.39, 0.29) is 0 Å². The SMILES string of the molecule is [C]1=CSCC=N1. The highest BCUT2D eigenvalue weighted by Crippen LogP contribution is 2.01. The maximum atomic E-state index is 3.73. The summed E-state index contributed by atoms with van der Waals surface area (Å²) >= 11 is 1.71. The Morgan fingerprint density at radius 2 is 2.83 bits per heavy atom. The minimum atomic E-state index is 1.01. The highest BCUT2D eigenvalue weighted by Gasteiger charge is 1.79. The van der Waals surface area contributed by atoms with Crippen LogP contribution in [0, 0.1) is 6.20 Å². The number of hydrogen-bond donors (Lipinski definition) is 0. The second-order valence-electron chi connectivity index (χ2n) is 0.892. The fourth-order valence-electron chi connectivity index (χ4n) is 0.249. The Morgan fingerprint density at radius 3 is 3.00 bits per heavy atom. The molecule has 0 atom stereocenters. The van der Waals surface area contributed by atoms with Crippen LogP contribution in [0.4, 0.5) is 0 Å². The molecule has 0 N–H and O–H groups in total. The molecule has 0 saturated heterocycles. The minimum Gasteiger partial charge on any atom is -0.258 e. The van der Waals surface area contributed by atoms with Crippen molar-refractivity contribution < 1.29 is 0 Å². The monoisotopic (exact) mass is 98.0 g/mol. The zero-order valence-electron chi connectivity index (χ0n) is 3.22. The van der Waals surface area contributed by atoms with E-state index in [9.17, 15) is 0 Å². The summed E-state index contributed by atoms with van der Waals surface area (Å²) in [5, 5.41) is 1.86. The molecule has 1 radical (unpaired) electrons. The quantitative estimate of drug-likeness (QED) is 0.441. The van der Waals surface area contributed by atoms with Crippen LogP contribution in [0.25, 0.3) is 0 Å². The van der Waals surface area contributed by atoms with Crippen LogP contribution in [0.3, 0.4) is 0 Å². The Bertz CT molecular complexity index is 73.5. The van der Waals surface area contributed by atoms with E-state index in [2.05, 4.69) is 11.2 Å². The summed E-state index contributed by atoms with van der Waals surface area (Å²) in [5.41, 5.74) is 0. The molecule has 1 heterocycles. The molecule has 1 rings (SSSR count). The molecule has 0 bridgehead atoms. The third-order valence-corrected chi connectivity index (χ3v) is 1.09. The molecular formula is C4H4NS. The fraction of sp³-hybridized carbons (Fsp3) is 0.250. The Morgan fingerprint density at radius 1 is 1.83 bits per heavy atom. The summed E-state index contributed by atoms with van der Waals surface area (Å²) in [6.07, 6.45) is 4.53. The molecule has 31 valence electrons. The van der Waals surface area contributed by atoms with E-state index >= 15 is 0 Å². The van der Waals surface area contributed by atoms with Crippen molar-refractivity contribution in [1.29, 1.82) is 0 Å². The number of hydrogen-bond acceptors (Lipinski definition) is 2. The summed E-state index contributed by atoms with van der Waals surface area (Å²) in [5.74, 6) is 1.01. The number of thioether (sulfide) groups is 1. The summed E-state index contributed by atoms with van der Waals surface area (Å²) in [6, 6.07) is 0. The third-order valence-electron chi connectivity index (χ3n) is 0.473. The first-order valence-electron chi connectivity index (χ1n) is 1.70. The zero-order valence-corrected chi connectivity index (χ0v) is 4.03. The van der Waals surface area contributed by atoms with E-state index in [1.165, 1.54) is 0 Å². The van der Waals surface area contributed by atoms with Crippen LogP contribution in [0.1, 0.15) is 0 Å². The molecule has 0 spiro atoms. The van der Waals surface area contributed by atoms with E-state index in [0.29, 0.717) is 0 Å². The summed E-state index contributed by atoms with van der Waals surface area (Å²) in [7, 11) is 0. The smallest absolute Gasteiger partial charge is 0.0950 e. The van der Waals surface area contributed by atoms with Gasteiger partial charge in [-0.3, -0.25) is 4.99 Å². The van der Waals surface area contributed by atoms with Crippen molar-refractivity contribution in [2.24, 2.45) is 4.99 Å². The lowest BCUT2D eigenvalue weighted by Crippen LogP contribution is -1.78. The summed E-state index contributed by atoms with van der Waals surface area (Å²) in [4.78, 5) is 3.73. The van der Waals surface area contributed by atoms with E-state index in [0.717, 1.165) is 5.75 Å². The van der Waals surface area contributed by atoms with Crippen LogP contribution in [-0.4, -0.2) is 12.0 Å². The first kappa shape index (κ1) is 3.93. The van der Waals surface area contributed by atoms with Gasteiger partial charge in [0.1, 0.15) is 0 Å². The van der Waals surface area contributed by atoms with Crippen molar-refractivity contribution >= 4 is 18.0 Å². The van der Waals surface area contributed by atoms with Gasteiger partial charge >= 0.3 is 0 Å². The molecule has 0 fully saturated rings. The minimum absolute atomic E-state index is 1.01. The van der Waals surface area contributed by atoms with Gasteiger partial charge < -0.3 is 0 Å². The Labute approximate surface area is 41.2 Å². The zero-order chi connectivity index (χ0) is 4.24. The van der Waals surface area contributed by atoms with E-state index in [4.69, 9.17) is 0 Å². The standard InChI is InChI=1S/C4H4NS/c1-3-6-4-2-5-1/h1,4H,3H2. The van der Waals surface area contributed by atoms with E-state index in [1.54, 1.807) is 11.8 Å². The molecule has 0 aromatic carbocycles. The first-order chi connectivity index (χ1) is 3.00. The number of aliphatic imine (C=N–C) groups is 1. The van der Waals surface area contributed by atoms with Crippen LogP contribution < -0.4 is 0 Å². The molecule has 1 aliphatic heterocycles. The van der Waals surface area contributed by atoms with E-state index < -0.39 is 0 Å². The lowest BCUT2D eigenvalue weighted by Gasteiger charge is -1.86. The molecule has 1 nitrogen and oxygen atoms in total. The first-order valence-corrected chi connectivity index (χ1v) is 2.75. The highest BCUT2D eigenvalue weighted by molar-refractivity contribution is 8.02. The van der Waals surface area contributed by atoms with Gasteiger partial charge in [-0.15, -0.1) is 11.8 Å². The largest absolute Gasteiger partial charge is 0.258 e. The lowest BCUT2D eigenvalue weighted by molar-refractivity contribution is 1.52. The topological polar surface area (TPSA) is 12.4 Å². The molecule has 6 heavy (non-hydrogen) atoms. The molecule has 0 unspecified atom stereocenters. The van der Waals surface area contributed by atoms with Crippen molar-refractivity contribution in [1.82, 2.24) is 0 Å². The van der Waals surface area contributed by atoms with Crippen LogP contribution >= 0.6 is 11.8 Å². The van der Waals surface area contributed by atoms with Crippen molar-refractivity contribution in [2.45, 2.75) is 0 Å².